The predicted molar refractivity (Wildman–Crippen MR) is 240 cm³/mol. The second-order valence-corrected chi connectivity index (χ2v) is 17.9. The summed E-state index contributed by atoms with van der Waals surface area (Å²) >= 11 is 0. The first-order valence-electron chi connectivity index (χ1n) is 19.7. The van der Waals surface area contributed by atoms with Crippen LogP contribution in [0.5, 0.6) is 11.5 Å². The van der Waals surface area contributed by atoms with Gasteiger partial charge in [0.2, 0.25) is 0 Å². The van der Waals surface area contributed by atoms with E-state index in [1.165, 1.54) is 38.1 Å². The summed E-state index contributed by atoms with van der Waals surface area (Å²) in [6.45, 7) is 3.07. The molecular weight excluding hydrogens is 1010 g/mol. The number of non-ortho nitro benzene ring substituents is 2. The maximum absolute atomic E-state index is 13.4. The minimum absolute atomic E-state index is 0. The Morgan fingerprint density at radius 2 is 0.944 bits per heavy atom. The van der Waals surface area contributed by atoms with Gasteiger partial charge in [0.05, 0.1) is 31.1 Å². The molecule has 0 saturated heterocycles. The second kappa shape index (κ2) is 20.9. The molecular formula is C41H28N12Na2O15S2. The van der Waals surface area contributed by atoms with E-state index in [1.54, 1.807) is 24.3 Å². The zero-order valence-corrected chi connectivity index (χ0v) is 43.0. The van der Waals surface area contributed by atoms with Crippen molar-refractivity contribution in [3.8, 4) is 11.5 Å². The number of carbonyl (C=O) groups is 3. The topological polar surface area (TPSA) is 397 Å². The Morgan fingerprint density at radius 1 is 0.597 bits per heavy atom. The van der Waals surface area contributed by atoms with Crippen LogP contribution in [-0.2, 0) is 29.8 Å². The first kappa shape index (κ1) is 54.1. The van der Waals surface area contributed by atoms with E-state index in [4.69, 9.17) is 0 Å². The van der Waals surface area contributed by atoms with Crippen LogP contribution in [0.3, 0.4) is 0 Å². The van der Waals surface area contributed by atoms with E-state index in [1.807, 2.05) is 0 Å². The number of phenolic OH excluding ortho intramolecular Hbond substituents is 2. The molecule has 0 bridgehead atoms. The number of nitrogens with one attached hydrogen (secondary N) is 2. The number of hydrazone groups is 2. The molecule has 0 fully saturated rings. The number of urea groups is 1. The Hall–Kier alpha value is -7.19. The number of nitro benzene ring substituents is 2. The molecule has 0 aliphatic carbocycles. The molecule has 8 rings (SSSR count). The van der Waals surface area contributed by atoms with Gasteiger partial charge in [-0.2, -0.15) is 10.2 Å². The van der Waals surface area contributed by atoms with E-state index in [-0.39, 0.29) is 81.3 Å². The molecule has 2 unspecified atom stereocenters. The quantitative estimate of drug-likeness (QED) is 0.0431. The molecule has 2 aliphatic rings. The van der Waals surface area contributed by atoms with E-state index in [9.17, 15) is 70.8 Å². The molecule has 0 saturated carbocycles. The number of hydrogen-bond acceptors (Lipinski definition) is 21. The maximum Gasteiger partial charge on any atom is 1.00 e. The number of nitro groups is 2. The summed E-state index contributed by atoms with van der Waals surface area (Å²) in [4.78, 5) is 59.0. The summed E-state index contributed by atoms with van der Waals surface area (Å²) in [6, 6.07) is 18.5. The second-order valence-electron chi connectivity index (χ2n) is 15.2. The summed E-state index contributed by atoms with van der Waals surface area (Å²) in [6.07, 6.45) is 0. The molecule has 27 nitrogen and oxygen atoms in total. The number of anilines is 2. The third-order valence-corrected chi connectivity index (χ3v) is 12.5. The van der Waals surface area contributed by atoms with Gasteiger partial charge in [-0.25, -0.2) is 21.6 Å². The van der Waals surface area contributed by atoms with E-state index in [2.05, 4.69) is 41.5 Å². The minimum atomic E-state index is -5.21. The normalized spacial score (nSPS) is 15.9. The van der Waals surface area contributed by atoms with E-state index >= 15 is 0 Å². The summed E-state index contributed by atoms with van der Waals surface area (Å²) < 4.78 is 71.4. The van der Waals surface area contributed by atoms with Crippen molar-refractivity contribution >= 4 is 105 Å². The number of rotatable bonds is 12. The molecule has 0 aromatic heterocycles. The van der Waals surface area contributed by atoms with Crippen molar-refractivity contribution in [2.75, 3.05) is 10.6 Å². The van der Waals surface area contributed by atoms with Crippen molar-refractivity contribution in [2.45, 2.75) is 35.5 Å². The van der Waals surface area contributed by atoms with Crippen molar-refractivity contribution in [3.05, 3.63) is 128 Å². The smallest absolute Gasteiger partial charge is 0.744 e. The maximum atomic E-state index is 13.4. The summed E-state index contributed by atoms with van der Waals surface area (Å²) in [5, 5.41) is 72.7. The minimum Gasteiger partial charge on any atom is -0.744 e. The van der Waals surface area contributed by atoms with E-state index < -0.39 is 115 Å². The predicted octanol–water partition coefficient (Wildman–Crippen LogP) is 0.682. The third-order valence-electron chi connectivity index (χ3n) is 10.7. The van der Waals surface area contributed by atoms with Crippen LogP contribution in [0.4, 0.5) is 38.9 Å². The van der Waals surface area contributed by atoms with Gasteiger partial charge in [-0.15, -0.1) is 10.2 Å². The van der Waals surface area contributed by atoms with E-state index in [0.29, 0.717) is 44.9 Å². The number of fused-ring (bicyclic) bond motifs is 2. The average molecular weight is 1040 g/mol. The van der Waals surface area contributed by atoms with Crippen molar-refractivity contribution in [3.63, 3.8) is 0 Å². The number of nitrogens with zero attached hydrogens (tertiary/aromatic N) is 10. The fourth-order valence-electron chi connectivity index (χ4n) is 7.54. The van der Waals surface area contributed by atoms with Gasteiger partial charge in [-0.1, -0.05) is 34.5 Å². The van der Waals surface area contributed by atoms with Crippen LogP contribution < -0.4 is 69.7 Å². The van der Waals surface area contributed by atoms with Gasteiger partial charge in [0.1, 0.15) is 54.9 Å². The molecule has 4 N–H and O–H groups in total. The van der Waals surface area contributed by atoms with Crippen LogP contribution in [0, 0.1) is 20.2 Å². The zero-order chi connectivity index (χ0) is 50.6. The molecule has 4 amide bonds. The monoisotopic (exact) mass is 1040 g/mol. The molecule has 6 aromatic carbocycles. The first-order chi connectivity index (χ1) is 33.0. The van der Waals surface area contributed by atoms with E-state index in [0.717, 1.165) is 36.4 Å². The molecule has 0 radical (unpaired) electrons. The molecule has 2 atom stereocenters. The summed E-state index contributed by atoms with van der Waals surface area (Å²) in [5.41, 5.74) is 0.139. The SMILES string of the molecule is CC1=NN(N=Nc2c(O)cc(S(=O)(=O)[O-])c3cc([N+](=O)[O-])ccc23)C(=O)C1c1ccc(NC(=O)Nc2ccc(C3C(=O)N(N=Nc4c(O)cc(S(=O)(=O)[O-])c5cc([N+](=O)[O-])ccc45)N=C3C)cc2)cc1.[Na+].[Na+]. The van der Waals surface area contributed by atoms with Crippen LogP contribution in [0.1, 0.15) is 36.8 Å². The van der Waals surface area contributed by atoms with Gasteiger partial charge in [0.15, 0.2) is 0 Å². The average Bonchev–Trinajstić information content (AvgIpc) is 3.74. The Morgan fingerprint density at radius 3 is 1.26 bits per heavy atom. The van der Waals surface area contributed by atoms with Crippen LogP contribution in [0.25, 0.3) is 21.5 Å². The molecule has 72 heavy (non-hydrogen) atoms. The third kappa shape index (κ3) is 10.8. The summed E-state index contributed by atoms with van der Waals surface area (Å²) in [5.74, 6) is -4.95. The van der Waals surface area contributed by atoms with Crippen LogP contribution in [-0.4, -0.2) is 85.5 Å². The fourth-order valence-corrected chi connectivity index (χ4v) is 8.92. The van der Waals surface area contributed by atoms with Gasteiger partial charge in [-0.05, 0) is 71.8 Å². The number of carbonyl (C=O) groups excluding carboxylic acids is 3. The van der Waals surface area contributed by atoms with Gasteiger partial charge >= 0.3 is 65.1 Å². The van der Waals surface area contributed by atoms with Crippen molar-refractivity contribution in [1.82, 2.24) is 10.2 Å². The van der Waals surface area contributed by atoms with Gasteiger partial charge < -0.3 is 30.0 Å². The Kier molecular flexibility index (Phi) is 15.7. The molecule has 356 valence electrons. The number of amides is 4. The Bertz CT molecular complexity index is 3420. The number of benzene rings is 6. The largest absolute Gasteiger partial charge is 1.00 e. The Balaban J connectivity index is 0.00000423. The zero-order valence-electron chi connectivity index (χ0n) is 37.4. The number of hydrogen-bond donors (Lipinski definition) is 4. The van der Waals surface area contributed by atoms with Crippen LogP contribution in [0.15, 0.2) is 138 Å². The molecule has 6 aromatic rings. The molecule has 2 heterocycles. The first-order valence-corrected chi connectivity index (χ1v) is 22.5. The number of aromatic hydroxyl groups is 2. The van der Waals surface area contributed by atoms with Gasteiger partial charge in [0, 0.05) is 69.3 Å². The van der Waals surface area contributed by atoms with Crippen LogP contribution >= 0.6 is 0 Å². The Labute approximate surface area is 448 Å². The van der Waals surface area contributed by atoms with Crippen LogP contribution in [0.2, 0.25) is 0 Å². The molecule has 31 heteroatoms. The van der Waals surface area contributed by atoms with Crippen molar-refractivity contribution in [2.24, 2.45) is 30.9 Å². The number of phenols is 2. The fraction of sp³-hybridized carbons (Fsp3) is 0.0976. The van der Waals surface area contributed by atoms with Gasteiger partial charge in [-0.3, -0.25) is 29.8 Å². The van der Waals surface area contributed by atoms with Crippen molar-refractivity contribution < 1.29 is 119 Å². The molecule has 2 aliphatic heterocycles. The molecule has 0 spiro atoms. The standard InChI is InChI=1S/C41H30N12O15S2.2Na/c1-19-35(39(56)50(46-19)48-44-37-27-13-11-25(52(59)60)15-29(27)33(17-31(37)54)69(63,64)65)21-3-7-23(8-4-21)42-41(58)43-24-9-5-22(6-10-24)36-20(2)47-51(40(36)57)49-45-38-28-14-12-26(53(61)62)16-30(28)34(18-32(38)55)70(66,67)68;;/h3-18,35-36,54-55H,1-2H3,(H2,42,43,58)(H,63,64,65)(H,66,67,68);;/q;2*+1/p-2. The van der Waals surface area contributed by atoms with Gasteiger partial charge in [0.25, 0.3) is 23.2 Å². The summed E-state index contributed by atoms with van der Waals surface area (Å²) in [7, 11) is -10.4. The van der Waals surface area contributed by atoms with Crippen molar-refractivity contribution in [1.29, 1.82) is 0 Å².